The van der Waals surface area contributed by atoms with Crippen molar-refractivity contribution in [1.29, 1.82) is 0 Å². The summed E-state index contributed by atoms with van der Waals surface area (Å²) in [5, 5.41) is 16.5. The lowest BCUT2D eigenvalue weighted by molar-refractivity contribution is 0.142. The Bertz CT molecular complexity index is 869. The van der Waals surface area contributed by atoms with Gasteiger partial charge in [0.15, 0.2) is 0 Å². The summed E-state index contributed by atoms with van der Waals surface area (Å²) in [4.78, 5) is 18.9. The van der Waals surface area contributed by atoms with Crippen LogP contribution < -0.4 is 5.32 Å². The zero-order valence-corrected chi connectivity index (χ0v) is 18.1. The van der Waals surface area contributed by atoms with Gasteiger partial charge in [0.25, 0.3) is 6.43 Å². The molecule has 1 fully saturated rings. The van der Waals surface area contributed by atoms with Crippen molar-refractivity contribution in [3.05, 3.63) is 35.9 Å². The maximum absolute atomic E-state index is 13.2. The number of hydrogen-bond donors (Lipinski definition) is 2. The summed E-state index contributed by atoms with van der Waals surface area (Å²) in [5.74, 6) is 0.326. The third-order valence-electron chi connectivity index (χ3n) is 5.29. The Hall–Kier alpha value is -2.20. The van der Waals surface area contributed by atoms with E-state index in [0.717, 1.165) is 12.8 Å². The summed E-state index contributed by atoms with van der Waals surface area (Å²) in [5.41, 5.74) is 0.920. The van der Waals surface area contributed by atoms with E-state index in [2.05, 4.69) is 15.4 Å². The molecule has 2 N–H and O–H groups in total. The van der Waals surface area contributed by atoms with E-state index in [0.29, 0.717) is 35.3 Å². The van der Waals surface area contributed by atoms with Gasteiger partial charge < -0.3 is 15.3 Å². The molecule has 1 saturated heterocycles. The van der Waals surface area contributed by atoms with Crippen LogP contribution in [0.1, 0.15) is 50.6 Å². The van der Waals surface area contributed by atoms with Gasteiger partial charge >= 0.3 is 6.03 Å². The summed E-state index contributed by atoms with van der Waals surface area (Å²) >= 11 is 1.43. The predicted molar refractivity (Wildman–Crippen MR) is 112 cm³/mol. The molecule has 0 radical (unpaired) electrons. The lowest BCUT2D eigenvalue weighted by Crippen LogP contribution is -2.42. The molecular formula is C20H27F2N5O2S. The first kappa shape index (κ1) is 22.5. The maximum Gasteiger partial charge on any atom is 0.321 e. The number of carbonyl (C=O) groups excluding carboxylic acids is 1. The number of anilines is 1. The summed E-state index contributed by atoms with van der Waals surface area (Å²) < 4.78 is 27.7. The number of nitrogens with one attached hydrogen (secondary N) is 1. The summed E-state index contributed by atoms with van der Waals surface area (Å²) in [7, 11) is 1.64. The number of aliphatic hydroxyl groups is 1. The van der Waals surface area contributed by atoms with Crippen LogP contribution in [0.5, 0.6) is 0 Å². The number of carbonyl (C=O) groups is 1. The van der Waals surface area contributed by atoms with E-state index in [1.165, 1.54) is 16.4 Å². The Labute approximate surface area is 178 Å². The number of hydrogen-bond acceptors (Lipinski definition) is 5. The molecule has 0 saturated carbocycles. The molecule has 0 bridgehead atoms. The molecule has 0 spiro atoms. The van der Waals surface area contributed by atoms with Crippen molar-refractivity contribution in [3.63, 3.8) is 0 Å². The average Bonchev–Trinajstić information content (AvgIpc) is 3.08. The number of piperidine rings is 1. The van der Waals surface area contributed by atoms with Gasteiger partial charge in [0.2, 0.25) is 0 Å². The van der Waals surface area contributed by atoms with Gasteiger partial charge in [-0.1, -0.05) is 6.92 Å². The first-order valence-electron chi connectivity index (χ1n) is 9.93. The number of aromatic nitrogens is 3. The average molecular weight is 440 g/mol. The summed E-state index contributed by atoms with van der Waals surface area (Å²) in [6, 6.07) is 3.15. The second-order valence-corrected chi connectivity index (χ2v) is 9.00. The van der Waals surface area contributed by atoms with Crippen molar-refractivity contribution in [1.82, 2.24) is 19.7 Å². The van der Waals surface area contributed by atoms with E-state index in [1.54, 1.807) is 43.4 Å². The number of rotatable bonds is 6. The predicted octanol–water partition coefficient (Wildman–Crippen LogP) is 4.23. The molecule has 7 nitrogen and oxygen atoms in total. The minimum absolute atomic E-state index is 0.144. The van der Waals surface area contributed by atoms with Crippen molar-refractivity contribution in [2.75, 3.05) is 18.4 Å². The molecule has 2 unspecified atom stereocenters. The summed E-state index contributed by atoms with van der Waals surface area (Å²) in [6.45, 7) is 4.87. The van der Waals surface area contributed by atoms with E-state index >= 15 is 0 Å². The number of alkyl halides is 2. The first-order chi connectivity index (χ1) is 14.2. The molecule has 2 aromatic heterocycles. The van der Waals surface area contributed by atoms with Crippen LogP contribution >= 0.6 is 11.8 Å². The minimum Gasteiger partial charge on any atom is -0.387 e. The molecule has 10 heteroatoms. The Kier molecular flexibility index (Phi) is 7.30. The molecule has 3 rings (SSSR count). The molecular weight excluding hydrogens is 412 g/mol. The minimum atomic E-state index is -2.59. The van der Waals surface area contributed by atoms with Crippen LogP contribution in [0.4, 0.5) is 19.3 Å². The number of thioether (sulfide) groups is 1. The van der Waals surface area contributed by atoms with Crippen LogP contribution in [0.25, 0.3) is 0 Å². The van der Waals surface area contributed by atoms with E-state index < -0.39 is 12.5 Å². The molecule has 164 valence electrons. The number of halogens is 2. The highest BCUT2D eigenvalue weighted by Gasteiger charge is 2.29. The number of amides is 2. The highest BCUT2D eigenvalue weighted by Crippen LogP contribution is 2.37. The number of urea groups is 1. The zero-order chi connectivity index (χ0) is 21.8. The fourth-order valence-electron chi connectivity index (χ4n) is 3.55. The van der Waals surface area contributed by atoms with Gasteiger partial charge in [0.1, 0.15) is 5.69 Å². The Morgan fingerprint density at radius 2 is 2.03 bits per heavy atom. The van der Waals surface area contributed by atoms with Gasteiger partial charge in [-0.3, -0.25) is 9.67 Å². The molecule has 0 aliphatic carbocycles. The van der Waals surface area contributed by atoms with Crippen LogP contribution in [-0.4, -0.2) is 49.1 Å². The summed E-state index contributed by atoms with van der Waals surface area (Å²) in [6.07, 6.45) is 1.51. The largest absolute Gasteiger partial charge is 0.387 e. The second kappa shape index (κ2) is 9.74. The van der Waals surface area contributed by atoms with Crippen molar-refractivity contribution in [2.45, 2.75) is 49.4 Å². The monoisotopic (exact) mass is 439 g/mol. The first-order valence-corrected chi connectivity index (χ1v) is 10.8. The van der Waals surface area contributed by atoms with Gasteiger partial charge in [-0.25, -0.2) is 13.6 Å². The van der Waals surface area contributed by atoms with E-state index in [1.807, 2.05) is 6.92 Å². The fourth-order valence-corrected chi connectivity index (χ4v) is 4.88. The topological polar surface area (TPSA) is 83.3 Å². The van der Waals surface area contributed by atoms with E-state index in [9.17, 15) is 18.7 Å². The van der Waals surface area contributed by atoms with Crippen molar-refractivity contribution in [2.24, 2.45) is 13.0 Å². The lowest BCUT2D eigenvalue weighted by Gasteiger charge is -2.34. The van der Waals surface area contributed by atoms with E-state index in [4.69, 9.17) is 0 Å². The van der Waals surface area contributed by atoms with Crippen LogP contribution in [-0.2, 0) is 7.05 Å². The van der Waals surface area contributed by atoms with Crippen LogP contribution in [0.15, 0.2) is 29.4 Å². The molecule has 1 aliphatic heterocycles. The van der Waals surface area contributed by atoms with Gasteiger partial charge in [0.05, 0.1) is 16.7 Å². The Balaban J connectivity index is 1.53. The molecule has 0 aromatic carbocycles. The zero-order valence-electron chi connectivity index (χ0n) is 17.3. The van der Waals surface area contributed by atoms with Crippen molar-refractivity contribution < 1.29 is 18.7 Å². The quantitative estimate of drug-likeness (QED) is 0.658. The molecule has 3 heterocycles. The molecule has 2 atom stereocenters. The fraction of sp³-hybridized carbons (Fsp3) is 0.550. The highest BCUT2D eigenvalue weighted by atomic mass is 32.2. The Morgan fingerprint density at radius 1 is 1.33 bits per heavy atom. The van der Waals surface area contributed by atoms with Crippen LogP contribution in [0, 0.1) is 5.92 Å². The normalized spacial score (nSPS) is 17.2. The highest BCUT2D eigenvalue weighted by molar-refractivity contribution is 8.00. The number of likely N-dealkylation sites (tertiary alicyclic amines) is 1. The van der Waals surface area contributed by atoms with Crippen LogP contribution in [0.3, 0.4) is 0 Å². The number of pyridine rings is 1. The third-order valence-corrected chi connectivity index (χ3v) is 6.62. The van der Waals surface area contributed by atoms with Crippen LogP contribution in [0.2, 0.25) is 0 Å². The van der Waals surface area contributed by atoms with Gasteiger partial charge in [-0.05, 0) is 37.8 Å². The molecule has 2 amide bonds. The molecule has 2 aromatic rings. The van der Waals surface area contributed by atoms with Gasteiger partial charge in [0, 0.05) is 43.5 Å². The van der Waals surface area contributed by atoms with Crippen molar-refractivity contribution >= 4 is 23.5 Å². The van der Waals surface area contributed by atoms with E-state index in [-0.39, 0.29) is 17.0 Å². The number of nitrogens with zero attached hydrogens (tertiary/aromatic N) is 4. The van der Waals surface area contributed by atoms with Gasteiger partial charge in [-0.15, -0.1) is 11.8 Å². The molecule has 30 heavy (non-hydrogen) atoms. The SMILES string of the molecule is CC(O)c1cc(NC(=O)N2CCC(C(C)Sc3cn(C)nc3C(F)F)CC2)ccn1. The van der Waals surface area contributed by atoms with Gasteiger partial charge in [-0.2, -0.15) is 5.10 Å². The third kappa shape index (κ3) is 5.48. The standard InChI is InChI=1S/C20H27F2N5O2S/c1-12(28)16-10-15(4-7-23-16)24-20(29)27-8-5-14(6-9-27)13(2)30-17-11-26(3)25-18(17)19(21)22/h4,7,10-14,19,28H,5-6,8-9H2,1-3H3,(H,23,24,29). The molecule has 1 aliphatic rings. The lowest BCUT2D eigenvalue weighted by atomic mass is 9.94. The number of aliphatic hydroxyl groups excluding tert-OH is 1. The maximum atomic E-state index is 13.2. The smallest absolute Gasteiger partial charge is 0.321 e. The second-order valence-electron chi connectivity index (χ2n) is 7.58. The van der Waals surface area contributed by atoms with Crippen molar-refractivity contribution in [3.8, 4) is 0 Å². The Morgan fingerprint density at radius 3 is 2.67 bits per heavy atom. The number of aryl methyl sites for hydroxylation is 1.